The zero-order chi connectivity index (χ0) is 14.5. The Bertz CT molecular complexity index is 434. The molecule has 112 valence electrons. The van der Waals surface area contributed by atoms with Crippen LogP contribution in [0.2, 0.25) is 5.02 Å². The quantitative estimate of drug-likeness (QED) is 0.813. The van der Waals surface area contributed by atoms with Crippen molar-refractivity contribution in [1.29, 1.82) is 0 Å². The van der Waals surface area contributed by atoms with E-state index >= 15 is 0 Å². The molecule has 2 atom stereocenters. The van der Waals surface area contributed by atoms with Crippen molar-refractivity contribution in [3.63, 3.8) is 0 Å². The van der Waals surface area contributed by atoms with Crippen LogP contribution in [0.25, 0.3) is 0 Å². The van der Waals surface area contributed by atoms with E-state index in [4.69, 9.17) is 21.1 Å². The average molecular weight is 364 g/mol. The van der Waals surface area contributed by atoms with Gasteiger partial charge in [0.15, 0.2) is 0 Å². The summed E-state index contributed by atoms with van der Waals surface area (Å²) in [5, 5.41) is 0.653. The second-order valence-corrected chi connectivity index (χ2v) is 6.77. The van der Waals surface area contributed by atoms with Crippen molar-refractivity contribution in [2.24, 2.45) is 0 Å². The van der Waals surface area contributed by atoms with Crippen molar-refractivity contribution in [3.05, 3.63) is 27.7 Å². The van der Waals surface area contributed by atoms with Gasteiger partial charge in [-0.2, -0.15) is 0 Å². The van der Waals surface area contributed by atoms with E-state index in [1.54, 1.807) is 4.90 Å². The van der Waals surface area contributed by atoms with E-state index in [1.807, 2.05) is 18.2 Å². The topological polar surface area (TPSA) is 22.9 Å². The first-order valence-electron chi connectivity index (χ1n) is 7.11. The Labute approximate surface area is 134 Å². The summed E-state index contributed by atoms with van der Waals surface area (Å²) in [5.41, 5.74) is 0. The molecule has 1 fully saturated rings. The Balaban J connectivity index is 1.71. The summed E-state index contributed by atoms with van der Waals surface area (Å²) in [6, 6.07) is 5.70. The largest absolute Gasteiger partial charge is 0.492 e. The third kappa shape index (κ3) is 4.92. The van der Waals surface area contributed by atoms with Crippen molar-refractivity contribution in [2.75, 3.05) is 26.2 Å². The van der Waals surface area contributed by atoms with E-state index in [0.717, 1.165) is 36.3 Å². The van der Waals surface area contributed by atoms with Gasteiger partial charge in [0, 0.05) is 10.9 Å². The summed E-state index contributed by atoms with van der Waals surface area (Å²) in [6.07, 6.45) is 1.74. The summed E-state index contributed by atoms with van der Waals surface area (Å²) in [6.45, 7) is 8.29. The molecule has 5 heteroatoms. The number of halogens is 2. The molecule has 0 spiro atoms. The number of nitrogens with one attached hydrogen (secondary N) is 1. The van der Waals surface area contributed by atoms with Crippen LogP contribution in [0.5, 0.6) is 5.75 Å². The molecule has 0 aliphatic carbocycles. The van der Waals surface area contributed by atoms with E-state index in [0.29, 0.717) is 23.8 Å². The van der Waals surface area contributed by atoms with Gasteiger partial charge >= 0.3 is 0 Å². The maximum Gasteiger partial charge on any atom is 0.137 e. The third-order valence-electron chi connectivity index (χ3n) is 3.44. The fourth-order valence-corrected chi connectivity index (χ4v) is 3.42. The maximum absolute atomic E-state index is 6.12. The number of rotatable bonds is 5. The normalized spacial score (nSPS) is 26.5. The van der Waals surface area contributed by atoms with E-state index < -0.39 is 0 Å². The number of hydrogen-bond acceptors (Lipinski definition) is 2. The second-order valence-electron chi connectivity index (χ2n) is 5.44. The first-order chi connectivity index (χ1) is 9.54. The first-order valence-corrected chi connectivity index (χ1v) is 8.28. The molecule has 20 heavy (non-hydrogen) atoms. The van der Waals surface area contributed by atoms with Crippen LogP contribution in [-0.4, -0.2) is 38.4 Å². The van der Waals surface area contributed by atoms with Crippen molar-refractivity contribution in [3.8, 4) is 5.75 Å². The van der Waals surface area contributed by atoms with Crippen molar-refractivity contribution in [1.82, 2.24) is 0 Å². The van der Waals surface area contributed by atoms with Gasteiger partial charge in [-0.25, -0.2) is 0 Å². The van der Waals surface area contributed by atoms with Gasteiger partial charge in [0.25, 0.3) is 0 Å². The summed E-state index contributed by atoms with van der Waals surface area (Å²) >= 11 is 9.50. The first kappa shape index (κ1) is 16.1. The van der Waals surface area contributed by atoms with Crippen LogP contribution in [0.1, 0.15) is 20.3 Å². The molecule has 0 bridgehead atoms. The van der Waals surface area contributed by atoms with E-state index in [-0.39, 0.29) is 0 Å². The van der Waals surface area contributed by atoms with Gasteiger partial charge in [0.05, 0.1) is 18.2 Å². The lowest BCUT2D eigenvalue weighted by molar-refractivity contribution is -0.915. The second kappa shape index (κ2) is 7.64. The third-order valence-corrected chi connectivity index (χ3v) is 4.23. The van der Waals surface area contributed by atoms with Gasteiger partial charge in [0.2, 0.25) is 0 Å². The highest BCUT2D eigenvalue weighted by Crippen LogP contribution is 2.27. The molecule has 0 unspecified atom stereocenters. The molecule has 0 aromatic heterocycles. The molecule has 0 radical (unpaired) electrons. The van der Waals surface area contributed by atoms with E-state index in [2.05, 4.69) is 29.8 Å². The lowest BCUT2D eigenvalue weighted by Crippen LogP contribution is -3.15. The van der Waals surface area contributed by atoms with E-state index in [1.165, 1.54) is 0 Å². The molecular weight excluding hydrogens is 342 g/mol. The summed E-state index contributed by atoms with van der Waals surface area (Å²) < 4.78 is 12.5. The Morgan fingerprint density at radius 1 is 1.35 bits per heavy atom. The van der Waals surface area contributed by atoms with Crippen molar-refractivity contribution in [2.45, 2.75) is 32.5 Å². The fraction of sp³-hybridized carbons (Fsp3) is 0.600. The summed E-state index contributed by atoms with van der Waals surface area (Å²) in [4.78, 5) is 1.60. The van der Waals surface area contributed by atoms with Crippen LogP contribution in [0.4, 0.5) is 0 Å². The van der Waals surface area contributed by atoms with Crippen LogP contribution in [0.3, 0.4) is 0 Å². The molecular formula is C15H22BrClNO2+. The fourth-order valence-electron chi connectivity index (χ4n) is 2.69. The smallest absolute Gasteiger partial charge is 0.137 e. The predicted molar refractivity (Wildman–Crippen MR) is 84.8 cm³/mol. The van der Waals surface area contributed by atoms with Crippen LogP contribution in [0.15, 0.2) is 22.7 Å². The Morgan fingerprint density at radius 3 is 2.70 bits per heavy atom. The molecule has 1 aliphatic rings. The molecule has 1 aliphatic heterocycles. The molecule has 0 amide bonds. The number of benzene rings is 1. The van der Waals surface area contributed by atoms with Gasteiger partial charge in [0.1, 0.15) is 31.0 Å². The highest BCUT2D eigenvalue weighted by molar-refractivity contribution is 9.10. The van der Waals surface area contributed by atoms with Gasteiger partial charge in [-0.15, -0.1) is 0 Å². The molecule has 0 saturated carbocycles. The Hall–Kier alpha value is -0.290. The molecule has 2 rings (SSSR count). The van der Waals surface area contributed by atoms with Gasteiger partial charge in [-0.05, 0) is 32.0 Å². The van der Waals surface area contributed by atoms with Crippen LogP contribution < -0.4 is 9.64 Å². The average Bonchev–Trinajstić information content (AvgIpc) is 2.35. The van der Waals surface area contributed by atoms with Crippen molar-refractivity contribution < 1.29 is 14.4 Å². The summed E-state index contributed by atoms with van der Waals surface area (Å²) in [5.74, 6) is 0.758. The highest BCUT2D eigenvalue weighted by atomic mass is 79.9. The SMILES string of the molecule is C[C@H]1C[NH+](CCCOc2ccc(Br)cc2Cl)C[C@H](C)O1. The highest BCUT2D eigenvalue weighted by Gasteiger charge is 2.24. The lowest BCUT2D eigenvalue weighted by atomic mass is 10.2. The lowest BCUT2D eigenvalue weighted by Gasteiger charge is -2.32. The molecule has 3 nitrogen and oxygen atoms in total. The molecule has 1 aromatic carbocycles. The molecule has 1 saturated heterocycles. The maximum atomic E-state index is 6.12. The summed E-state index contributed by atoms with van der Waals surface area (Å²) in [7, 11) is 0. The zero-order valence-corrected chi connectivity index (χ0v) is 14.3. The molecule has 1 aromatic rings. The van der Waals surface area contributed by atoms with Gasteiger partial charge in [-0.1, -0.05) is 27.5 Å². The predicted octanol–water partition coefficient (Wildman–Crippen LogP) is 2.56. The monoisotopic (exact) mass is 362 g/mol. The van der Waals surface area contributed by atoms with Crippen LogP contribution in [0, 0.1) is 0 Å². The number of quaternary nitrogens is 1. The van der Waals surface area contributed by atoms with Crippen molar-refractivity contribution >= 4 is 27.5 Å². The molecule has 1 heterocycles. The Kier molecular flexibility index (Phi) is 6.15. The number of ether oxygens (including phenoxy) is 2. The van der Waals surface area contributed by atoms with Gasteiger partial charge in [-0.3, -0.25) is 0 Å². The number of hydrogen-bond donors (Lipinski definition) is 1. The van der Waals surface area contributed by atoms with Crippen LogP contribution in [-0.2, 0) is 4.74 Å². The van der Waals surface area contributed by atoms with Gasteiger partial charge < -0.3 is 14.4 Å². The standard InChI is InChI=1S/C15H21BrClNO2/c1-11-9-18(10-12(2)20-11)6-3-7-19-15-5-4-13(16)8-14(15)17/h4-5,8,11-12H,3,6-7,9-10H2,1-2H3/p+1/t11-,12-/m0/s1. The Morgan fingerprint density at radius 2 is 2.05 bits per heavy atom. The number of morpholine rings is 1. The molecule has 1 N–H and O–H groups in total. The van der Waals surface area contributed by atoms with E-state index in [9.17, 15) is 0 Å². The minimum atomic E-state index is 0.357. The van der Waals surface area contributed by atoms with Crippen LogP contribution >= 0.6 is 27.5 Å². The minimum Gasteiger partial charge on any atom is -0.492 e. The zero-order valence-electron chi connectivity index (χ0n) is 12.0. The minimum absolute atomic E-state index is 0.357.